The number of aliphatic carboxylic acids is 1. The number of benzene rings is 1. The Kier molecular flexibility index (Phi) is 5.00. The lowest BCUT2D eigenvalue weighted by atomic mass is 10.0. The predicted octanol–water partition coefficient (Wildman–Crippen LogP) is 2.64. The van der Waals surface area contributed by atoms with Crippen LogP contribution in [0.1, 0.15) is 33.5 Å². The fourth-order valence-corrected chi connectivity index (χ4v) is 2.50. The van der Waals surface area contributed by atoms with Crippen LogP contribution in [0.3, 0.4) is 0 Å². The first kappa shape index (κ1) is 15.8. The fourth-order valence-electron chi connectivity index (χ4n) is 1.78. The molecule has 2 aromatic rings. The number of carbonyl (C=O) groups excluding carboxylic acids is 2. The SMILES string of the molecule is CCOC(=O)c1nc(-c2cccc(C(=O)CC(=O)O)c2)cs1. The van der Waals surface area contributed by atoms with E-state index in [9.17, 15) is 14.4 Å². The molecule has 0 saturated carbocycles. The monoisotopic (exact) mass is 319 g/mol. The number of thiazole rings is 1. The highest BCUT2D eigenvalue weighted by atomic mass is 32.1. The number of carboxylic acid groups (broad SMARTS) is 1. The van der Waals surface area contributed by atoms with Crippen LogP contribution in [0.2, 0.25) is 0 Å². The summed E-state index contributed by atoms with van der Waals surface area (Å²) >= 11 is 1.15. The summed E-state index contributed by atoms with van der Waals surface area (Å²) < 4.78 is 4.87. The van der Waals surface area contributed by atoms with E-state index in [1.165, 1.54) is 0 Å². The number of ether oxygens (including phenoxy) is 1. The third kappa shape index (κ3) is 3.76. The summed E-state index contributed by atoms with van der Waals surface area (Å²) in [6.45, 7) is 1.98. The fraction of sp³-hybridized carbons (Fsp3) is 0.200. The summed E-state index contributed by atoms with van der Waals surface area (Å²) in [5, 5.41) is 10.6. The molecular formula is C15H13NO5S. The van der Waals surface area contributed by atoms with Crippen molar-refractivity contribution in [3.05, 3.63) is 40.2 Å². The second-order valence-corrected chi connectivity index (χ2v) is 5.19. The van der Waals surface area contributed by atoms with Crippen molar-refractivity contribution < 1.29 is 24.2 Å². The quantitative estimate of drug-likeness (QED) is 0.500. The van der Waals surface area contributed by atoms with Gasteiger partial charge in [0, 0.05) is 16.5 Å². The summed E-state index contributed by atoms with van der Waals surface area (Å²) in [5.74, 6) is -2.14. The number of nitrogens with zero attached hydrogens (tertiary/aromatic N) is 1. The van der Waals surface area contributed by atoms with Gasteiger partial charge in [0.25, 0.3) is 0 Å². The van der Waals surface area contributed by atoms with Crippen molar-refractivity contribution in [1.82, 2.24) is 4.98 Å². The number of hydrogen-bond donors (Lipinski definition) is 1. The normalized spacial score (nSPS) is 10.2. The molecule has 0 radical (unpaired) electrons. The molecule has 7 heteroatoms. The van der Waals surface area contributed by atoms with Crippen LogP contribution >= 0.6 is 11.3 Å². The number of hydrogen-bond acceptors (Lipinski definition) is 6. The van der Waals surface area contributed by atoms with E-state index in [0.29, 0.717) is 16.8 Å². The van der Waals surface area contributed by atoms with Crippen LogP contribution in [-0.2, 0) is 9.53 Å². The van der Waals surface area contributed by atoms with Gasteiger partial charge in [-0.15, -0.1) is 11.3 Å². The number of ketones is 1. The maximum absolute atomic E-state index is 11.8. The summed E-state index contributed by atoms with van der Waals surface area (Å²) in [4.78, 5) is 38.1. The Balaban J connectivity index is 2.24. The van der Waals surface area contributed by atoms with Gasteiger partial charge < -0.3 is 9.84 Å². The van der Waals surface area contributed by atoms with Gasteiger partial charge in [-0.05, 0) is 13.0 Å². The lowest BCUT2D eigenvalue weighted by Gasteiger charge is -2.01. The second-order valence-electron chi connectivity index (χ2n) is 4.33. The highest BCUT2D eigenvalue weighted by Gasteiger charge is 2.15. The van der Waals surface area contributed by atoms with Gasteiger partial charge in [-0.1, -0.05) is 18.2 Å². The minimum absolute atomic E-state index is 0.235. The Morgan fingerprint density at radius 1 is 1.32 bits per heavy atom. The summed E-state index contributed by atoms with van der Waals surface area (Å²) in [6, 6.07) is 6.50. The Hall–Kier alpha value is -2.54. The molecule has 0 amide bonds. The minimum Gasteiger partial charge on any atom is -0.481 e. The smallest absolute Gasteiger partial charge is 0.367 e. The van der Waals surface area contributed by atoms with Crippen LogP contribution in [0.4, 0.5) is 0 Å². The first-order chi connectivity index (χ1) is 10.5. The van der Waals surface area contributed by atoms with Crippen molar-refractivity contribution in [3.8, 4) is 11.3 Å². The summed E-state index contributed by atoms with van der Waals surface area (Å²) in [5.41, 5.74) is 1.48. The molecular weight excluding hydrogens is 306 g/mol. The van der Waals surface area contributed by atoms with E-state index >= 15 is 0 Å². The lowest BCUT2D eigenvalue weighted by molar-refractivity contribution is -0.135. The number of aromatic nitrogens is 1. The molecule has 0 spiro atoms. The number of carboxylic acids is 1. The molecule has 2 rings (SSSR count). The third-order valence-electron chi connectivity index (χ3n) is 2.75. The molecule has 1 N–H and O–H groups in total. The molecule has 0 aliphatic rings. The summed E-state index contributed by atoms with van der Waals surface area (Å²) in [7, 11) is 0. The Bertz CT molecular complexity index is 722. The molecule has 0 saturated heterocycles. The Morgan fingerprint density at radius 2 is 2.09 bits per heavy atom. The number of esters is 1. The average molecular weight is 319 g/mol. The highest BCUT2D eigenvalue weighted by molar-refractivity contribution is 7.11. The van der Waals surface area contributed by atoms with Gasteiger partial charge in [0.15, 0.2) is 5.78 Å². The van der Waals surface area contributed by atoms with Crippen LogP contribution in [0, 0.1) is 0 Å². The van der Waals surface area contributed by atoms with Crippen molar-refractivity contribution in [2.45, 2.75) is 13.3 Å². The molecule has 1 aromatic heterocycles. The van der Waals surface area contributed by atoms with Crippen molar-refractivity contribution in [2.75, 3.05) is 6.61 Å². The van der Waals surface area contributed by atoms with E-state index in [1.54, 1.807) is 36.6 Å². The van der Waals surface area contributed by atoms with Crippen molar-refractivity contribution in [1.29, 1.82) is 0 Å². The molecule has 0 unspecified atom stereocenters. The second kappa shape index (κ2) is 6.95. The predicted molar refractivity (Wildman–Crippen MR) is 80.1 cm³/mol. The topological polar surface area (TPSA) is 93.6 Å². The molecule has 0 aliphatic heterocycles. The molecule has 114 valence electrons. The molecule has 0 bridgehead atoms. The van der Waals surface area contributed by atoms with Gasteiger partial charge in [0.1, 0.15) is 6.42 Å². The third-order valence-corrected chi connectivity index (χ3v) is 3.57. The van der Waals surface area contributed by atoms with Gasteiger partial charge in [-0.2, -0.15) is 0 Å². The molecule has 1 aromatic carbocycles. The maximum Gasteiger partial charge on any atom is 0.367 e. The Morgan fingerprint density at radius 3 is 2.77 bits per heavy atom. The van der Waals surface area contributed by atoms with Crippen LogP contribution in [0.25, 0.3) is 11.3 Å². The number of Topliss-reactive ketones (excluding diaryl/α,β-unsaturated/α-hetero) is 1. The zero-order chi connectivity index (χ0) is 16.1. The Labute approximate surface area is 130 Å². The first-order valence-corrected chi connectivity index (χ1v) is 7.37. The first-order valence-electron chi connectivity index (χ1n) is 6.49. The van der Waals surface area contributed by atoms with Crippen LogP contribution in [0.5, 0.6) is 0 Å². The van der Waals surface area contributed by atoms with Gasteiger partial charge in [-0.25, -0.2) is 9.78 Å². The highest BCUT2D eigenvalue weighted by Crippen LogP contribution is 2.23. The van der Waals surface area contributed by atoms with Gasteiger partial charge in [-0.3, -0.25) is 9.59 Å². The van der Waals surface area contributed by atoms with E-state index in [1.807, 2.05) is 0 Å². The van der Waals surface area contributed by atoms with Gasteiger partial charge >= 0.3 is 11.9 Å². The number of rotatable bonds is 6. The van der Waals surface area contributed by atoms with Crippen LogP contribution in [0.15, 0.2) is 29.6 Å². The van der Waals surface area contributed by atoms with E-state index in [4.69, 9.17) is 9.84 Å². The van der Waals surface area contributed by atoms with E-state index in [0.717, 1.165) is 11.3 Å². The van der Waals surface area contributed by atoms with E-state index in [-0.39, 0.29) is 11.6 Å². The molecule has 0 atom stereocenters. The van der Waals surface area contributed by atoms with Crippen LogP contribution in [-0.4, -0.2) is 34.4 Å². The molecule has 22 heavy (non-hydrogen) atoms. The standard InChI is InChI=1S/C15H13NO5S/c1-2-21-15(20)14-16-11(8-22-14)9-4-3-5-10(6-9)12(17)7-13(18)19/h3-6,8H,2,7H2,1H3,(H,18,19). The van der Waals surface area contributed by atoms with Crippen LogP contribution < -0.4 is 0 Å². The molecule has 0 aliphatic carbocycles. The average Bonchev–Trinajstić information content (AvgIpc) is 2.97. The zero-order valence-corrected chi connectivity index (χ0v) is 12.6. The van der Waals surface area contributed by atoms with Crippen molar-refractivity contribution in [2.24, 2.45) is 0 Å². The molecule has 1 heterocycles. The summed E-state index contributed by atoms with van der Waals surface area (Å²) in [6.07, 6.45) is -0.561. The molecule has 0 fully saturated rings. The zero-order valence-electron chi connectivity index (χ0n) is 11.7. The van der Waals surface area contributed by atoms with Crippen molar-refractivity contribution >= 4 is 29.1 Å². The van der Waals surface area contributed by atoms with E-state index < -0.39 is 24.1 Å². The van der Waals surface area contributed by atoms with Crippen molar-refractivity contribution in [3.63, 3.8) is 0 Å². The van der Waals surface area contributed by atoms with E-state index in [2.05, 4.69) is 4.98 Å². The maximum atomic E-state index is 11.8. The number of carbonyl (C=O) groups is 3. The largest absolute Gasteiger partial charge is 0.481 e. The lowest BCUT2D eigenvalue weighted by Crippen LogP contribution is -2.07. The van der Waals surface area contributed by atoms with Gasteiger partial charge in [0.05, 0.1) is 12.3 Å². The van der Waals surface area contributed by atoms with Gasteiger partial charge in [0.2, 0.25) is 5.01 Å². The minimum atomic E-state index is -1.17. The molecule has 6 nitrogen and oxygen atoms in total.